The summed E-state index contributed by atoms with van der Waals surface area (Å²) >= 11 is 1.80. The first-order valence-corrected chi connectivity index (χ1v) is 7.39. The number of carbonyl (C=O) groups excluding carboxylic acids is 2. The van der Waals surface area contributed by atoms with Crippen molar-refractivity contribution in [2.24, 2.45) is 0 Å². The lowest BCUT2D eigenvalue weighted by atomic mass is 10.1. The standard InChI is InChI=1S/C12H20N2O2S/c1-10(15)13-5-7-14(8-6-13)12(16)11-4-2-3-9-17-11/h11H,2-9H2,1H3. The molecule has 2 saturated heterocycles. The van der Waals surface area contributed by atoms with Gasteiger partial charge >= 0.3 is 0 Å². The fourth-order valence-electron chi connectivity index (χ4n) is 2.38. The quantitative estimate of drug-likeness (QED) is 0.702. The Morgan fingerprint density at radius 2 is 1.71 bits per heavy atom. The van der Waals surface area contributed by atoms with Crippen LogP contribution < -0.4 is 0 Å². The largest absolute Gasteiger partial charge is 0.339 e. The zero-order chi connectivity index (χ0) is 12.3. The molecule has 5 heteroatoms. The van der Waals surface area contributed by atoms with Gasteiger partial charge in [0.05, 0.1) is 5.25 Å². The van der Waals surface area contributed by atoms with Crippen molar-refractivity contribution >= 4 is 23.6 Å². The lowest BCUT2D eigenvalue weighted by Gasteiger charge is -2.36. The molecule has 2 amide bonds. The summed E-state index contributed by atoms with van der Waals surface area (Å²) in [5, 5.41) is 0.174. The van der Waals surface area contributed by atoms with Gasteiger partial charge in [0.25, 0.3) is 0 Å². The van der Waals surface area contributed by atoms with Gasteiger partial charge in [-0.25, -0.2) is 0 Å². The second kappa shape index (κ2) is 5.76. The molecule has 2 fully saturated rings. The molecular formula is C12H20N2O2S. The van der Waals surface area contributed by atoms with Crippen LogP contribution in [0.15, 0.2) is 0 Å². The van der Waals surface area contributed by atoms with E-state index in [2.05, 4.69) is 0 Å². The van der Waals surface area contributed by atoms with E-state index in [1.165, 1.54) is 12.8 Å². The van der Waals surface area contributed by atoms with Gasteiger partial charge in [0.15, 0.2) is 0 Å². The Morgan fingerprint density at radius 1 is 1.06 bits per heavy atom. The van der Waals surface area contributed by atoms with Gasteiger partial charge in [0.1, 0.15) is 0 Å². The van der Waals surface area contributed by atoms with Crippen LogP contribution in [0.3, 0.4) is 0 Å². The van der Waals surface area contributed by atoms with Gasteiger partial charge in [-0.05, 0) is 18.6 Å². The molecule has 0 N–H and O–H groups in total. The van der Waals surface area contributed by atoms with Crippen LogP contribution in [0.5, 0.6) is 0 Å². The Balaban J connectivity index is 1.83. The monoisotopic (exact) mass is 256 g/mol. The van der Waals surface area contributed by atoms with Gasteiger partial charge in [-0.2, -0.15) is 0 Å². The van der Waals surface area contributed by atoms with Crippen molar-refractivity contribution < 1.29 is 9.59 Å². The normalized spacial score (nSPS) is 25.8. The summed E-state index contributed by atoms with van der Waals surface area (Å²) in [5.74, 6) is 1.52. The first-order valence-electron chi connectivity index (χ1n) is 6.34. The minimum absolute atomic E-state index is 0.115. The Hall–Kier alpha value is -0.710. The fourth-order valence-corrected chi connectivity index (χ4v) is 3.66. The molecule has 0 bridgehead atoms. The van der Waals surface area contributed by atoms with Crippen molar-refractivity contribution in [1.29, 1.82) is 0 Å². The summed E-state index contributed by atoms with van der Waals surface area (Å²) in [4.78, 5) is 27.2. The molecule has 2 rings (SSSR count). The van der Waals surface area contributed by atoms with Crippen LogP contribution in [0.25, 0.3) is 0 Å². The van der Waals surface area contributed by atoms with Gasteiger partial charge < -0.3 is 9.80 Å². The highest BCUT2D eigenvalue weighted by atomic mass is 32.2. The molecule has 17 heavy (non-hydrogen) atoms. The van der Waals surface area contributed by atoms with Gasteiger partial charge in [0.2, 0.25) is 11.8 Å². The van der Waals surface area contributed by atoms with E-state index in [-0.39, 0.29) is 17.1 Å². The number of hydrogen-bond acceptors (Lipinski definition) is 3. The van der Waals surface area contributed by atoms with Crippen LogP contribution in [0, 0.1) is 0 Å². The second-order valence-corrected chi connectivity index (χ2v) is 6.00. The molecule has 1 unspecified atom stereocenters. The minimum Gasteiger partial charge on any atom is -0.339 e. The summed E-state index contributed by atoms with van der Waals surface area (Å²) in [6, 6.07) is 0. The third-order valence-electron chi connectivity index (χ3n) is 3.49. The predicted molar refractivity (Wildman–Crippen MR) is 68.9 cm³/mol. The van der Waals surface area contributed by atoms with Crippen LogP contribution >= 0.6 is 11.8 Å². The summed E-state index contributed by atoms with van der Waals surface area (Å²) in [7, 11) is 0. The third kappa shape index (κ3) is 3.15. The Bertz CT molecular complexity index is 295. The van der Waals surface area contributed by atoms with Crippen LogP contribution in [-0.2, 0) is 9.59 Å². The summed E-state index contributed by atoms with van der Waals surface area (Å²) in [6.07, 6.45) is 3.44. The molecule has 0 spiro atoms. The molecule has 2 aliphatic heterocycles. The highest BCUT2D eigenvalue weighted by Gasteiger charge is 2.29. The SMILES string of the molecule is CC(=O)N1CCN(C(=O)C2CCCCS2)CC1. The van der Waals surface area contributed by atoms with Crippen molar-refractivity contribution in [2.45, 2.75) is 31.4 Å². The average Bonchev–Trinajstić information content (AvgIpc) is 2.39. The highest BCUT2D eigenvalue weighted by Crippen LogP contribution is 2.26. The number of piperazine rings is 1. The maximum absolute atomic E-state index is 12.2. The molecule has 2 aliphatic rings. The van der Waals surface area contributed by atoms with Gasteiger partial charge in [-0.15, -0.1) is 11.8 Å². The predicted octanol–water partition coefficient (Wildman–Crippen LogP) is 0.963. The molecule has 2 heterocycles. The van der Waals surface area contributed by atoms with E-state index >= 15 is 0 Å². The van der Waals surface area contributed by atoms with Crippen molar-refractivity contribution in [3.8, 4) is 0 Å². The smallest absolute Gasteiger partial charge is 0.235 e. The Morgan fingerprint density at radius 3 is 2.24 bits per heavy atom. The zero-order valence-electron chi connectivity index (χ0n) is 10.4. The van der Waals surface area contributed by atoms with Crippen molar-refractivity contribution in [1.82, 2.24) is 9.80 Å². The third-order valence-corrected chi connectivity index (χ3v) is 4.86. The van der Waals surface area contributed by atoms with E-state index in [0.717, 1.165) is 12.2 Å². The Kier molecular flexibility index (Phi) is 4.31. The summed E-state index contributed by atoms with van der Waals surface area (Å²) in [6.45, 7) is 4.39. The van der Waals surface area contributed by atoms with E-state index in [0.29, 0.717) is 26.2 Å². The van der Waals surface area contributed by atoms with Crippen LogP contribution in [0.1, 0.15) is 26.2 Å². The molecule has 0 aliphatic carbocycles. The number of hydrogen-bond donors (Lipinski definition) is 0. The van der Waals surface area contributed by atoms with Crippen molar-refractivity contribution in [3.63, 3.8) is 0 Å². The van der Waals surface area contributed by atoms with E-state index in [1.807, 2.05) is 9.80 Å². The van der Waals surface area contributed by atoms with E-state index in [4.69, 9.17) is 0 Å². The van der Waals surface area contributed by atoms with E-state index < -0.39 is 0 Å². The molecule has 0 aromatic carbocycles. The van der Waals surface area contributed by atoms with Crippen LogP contribution in [-0.4, -0.2) is 58.8 Å². The van der Waals surface area contributed by atoms with Gasteiger partial charge in [-0.1, -0.05) is 6.42 Å². The molecule has 1 atom stereocenters. The topological polar surface area (TPSA) is 40.6 Å². The molecule has 0 radical (unpaired) electrons. The molecular weight excluding hydrogens is 236 g/mol. The molecule has 0 saturated carbocycles. The number of rotatable bonds is 1. The van der Waals surface area contributed by atoms with Gasteiger partial charge in [0, 0.05) is 33.1 Å². The molecule has 4 nitrogen and oxygen atoms in total. The summed E-state index contributed by atoms with van der Waals surface area (Å²) < 4.78 is 0. The fraction of sp³-hybridized carbons (Fsp3) is 0.833. The molecule has 96 valence electrons. The van der Waals surface area contributed by atoms with Crippen LogP contribution in [0.2, 0.25) is 0 Å². The maximum atomic E-state index is 12.2. The van der Waals surface area contributed by atoms with E-state index in [1.54, 1.807) is 18.7 Å². The van der Waals surface area contributed by atoms with E-state index in [9.17, 15) is 9.59 Å². The number of nitrogens with zero attached hydrogens (tertiary/aromatic N) is 2. The molecule has 0 aromatic rings. The minimum atomic E-state index is 0.115. The van der Waals surface area contributed by atoms with Gasteiger partial charge in [-0.3, -0.25) is 9.59 Å². The van der Waals surface area contributed by atoms with Crippen LogP contribution in [0.4, 0.5) is 0 Å². The summed E-state index contributed by atoms with van der Waals surface area (Å²) in [5.41, 5.74) is 0. The zero-order valence-corrected chi connectivity index (χ0v) is 11.2. The first kappa shape index (κ1) is 12.7. The lowest BCUT2D eigenvalue weighted by molar-refractivity contribution is -0.138. The Labute approximate surface area is 107 Å². The van der Waals surface area contributed by atoms with Crippen molar-refractivity contribution in [2.75, 3.05) is 31.9 Å². The number of thioether (sulfide) groups is 1. The number of carbonyl (C=O) groups is 2. The lowest BCUT2D eigenvalue weighted by Crippen LogP contribution is -2.52. The average molecular weight is 256 g/mol. The number of amides is 2. The second-order valence-electron chi connectivity index (χ2n) is 4.69. The highest BCUT2D eigenvalue weighted by molar-refractivity contribution is 8.00. The molecule has 0 aromatic heterocycles. The van der Waals surface area contributed by atoms with Crippen molar-refractivity contribution in [3.05, 3.63) is 0 Å². The first-order chi connectivity index (χ1) is 8.18. The maximum Gasteiger partial charge on any atom is 0.235 e.